The van der Waals surface area contributed by atoms with Crippen molar-refractivity contribution in [3.63, 3.8) is 0 Å². The standard InChI is InChI=1S/C20H14ClN5O2S/c21-13-6-8-14(9-7-13)26-20(28)16-15(11-29-18(16)22)17(25-26)19(27)24-23-10-12-4-2-1-3-5-12/h1-11H,22H2,(H,24,27)/b23-10-. The maximum Gasteiger partial charge on any atom is 0.292 e. The topological polar surface area (TPSA) is 102 Å². The quantitative estimate of drug-likeness (QED) is 0.387. The number of amides is 1. The van der Waals surface area contributed by atoms with Crippen LogP contribution in [0.4, 0.5) is 5.00 Å². The van der Waals surface area contributed by atoms with Gasteiger partial charge < -0.3 is 5.73 Å². The number of anilines is 1. The van der Waals surface area contributed by atoms with Gasteiger partial charge in [0.15, 0.2) is 5.69 Å². The van der Waals surface area contributed by atoms with E-state index in [0.717, 1.165) is 10.2 Å². The Labute approximate surface area is 174 Å². The number of fused-ring (bicyclic) bond motifs is 1. The SMILES string of the molecule is Nc1scc2c(C(=O)N/N=C\c3ccccc3)nn(-c3ccc(Cl)cc3)c(=O)c12. The normalized spacial score (nSPS) is 11.2. The van der Waals surface area contributed by atoms with Gasteiger partial charge in [0, 0.05) is 15.8 Å². The molecule has 4 aromatic rings. The van der Waals surface area contributed by atoms with E-state index in [4.69, 9.17) is 17.3 Å². The summed E-state index contributed by atoms with van der Waals surface area (Å²) in [7, 11) is 0. The molecule has 2 aromatic heterocycles. The van der Waals surface area contributed by atoms with Crippen molar-refractivity contribution in [3.05, 3.63) is 86.6 Å². The highest BCUT2D eigenvalue weighted by molar-refractivity contribution is 7.15. The molecule has 1 amide bonds. The second-order valence-corrected chi connectivity index (χ2v) is 7.39. The first-order valence-electron chi connectivity index (χ1n) is 8.49. The predicted molar refractivity (Wildman–Crippen MR) is 116 cm³/mol. The maximum atomic E-state index is 12.9. The summed E-state index contributed by atoms with van der Waals surface area (Å²) in [5, 5.41) is 11.3. The minimum absolute atomic E-state index is 0.0488. The summed E-state index contributed by atoms with van der Waals surface area (Å²) in [6.07, 6.45) is 1.52. The average molecular weight is 424 g/mol. The predicted octanol–water partition coefficient (Wildman–Crippen LogP) is 3.45. The lowest BCUT2D eigenvalue weighted by Gasteiger charge is -2.08. The van der Waals surface area contributed by atoms with Crippen LogP contribution in [0.2, 0.25) is 5.02 Å². The highest BCUT2D eigenvalue weighted by Crippen LogP contribution is 2.27. The fourth-order valence-electron chi connectivity index (χ4n) is 2.76. The molecule has 2 aromatic carbocycles. The van der Waals surface area contributed by atoms with Crippen LogP contribution in [0.1, 0.15) is 16.1 Å². The lowest BCUT2D eigenvalue weighted by atomic mass is 10.2. The average Bonchev–Trinajstić information content (AvgIpc) is 3.12. The summed E-state index contributed by atoms with van der Waals surface area (Å²) >= 11 is 7.10. The van der Waals surface area contributed by atoms with Crippen LogP contribution < -0.4 is 16.7 Å². The van der Waals surface area contributed by atoms with Gasteiger partial charge in [0.05, 0.1) is 22.3 Å². The monoisotopic (exact) mass is 423 g/mol. The molecule has 0 fully saturated rings. The number of carbonyl (C=O) groups excluding carboxylic acids is 1. The van der Waals surface area contributed by atoms with Crippen LogP contribution >= 0.6 is 22.9 Å². The van der Waals surface area contributed by atoms with Crippen molar-refractivity contribution in [1.82, 2.24) is 15.2 Å². The summed E-state index contributed by atoms with van der Waals surface area (Å²) in [6.45, 7) is 0. The molecule has 0 unspecified atom stereocenters. The molecular formula is C20H14ClN5O2S. The number of carbonyl (C=O) groups is 1. The third kappa shape index (κ3) is 3.75. The first-order valence-corrected chi connectivity index (χ1v) is 9.75. The number of benzene rings is 2. The molecule has 0 spiro atoms. The van der Waals surface area contributed by atoms with Crippen molar-refractivity contribution in [2.45, 2.75) is 0 Å². The second kappa shape index (κ2) is 7.86. The third-order valence-electron chi connectivity index (χ3n) is 4.15. The van der Waals surface area contributed by atoms with Crippen LogP contribution in [0.25, 0.3) is 16.5 Å². The highest BCUT2D eigenvalue weighted by atomic mass is 35.5. The van der Waals surface area contributed by atoms with Gasteiger partial charge in [-0.05, 0) is 29.8 Å². The molecule has 144 valence electrons. The minimum Gasteiger partial charge on any atom is -0.390 e. The molecule has 9 heteroatoms. The number of nitrogen functional groups attached to an aromatic ring is 1. The molecule has 0 radical (unpaired) electrons. The van der Waals surface area contributed by atoms with Gasteiger partial charge in [-0.15, -0.1) is 11.3 Å². The molecule has 0 atom stereocenters. The summed E-state index contributed by atoms with van der Waals surface area (Å²) in [4.78, 5) is 25.6. The van der Waals surface area contributed by atoms with Crippen molar-refractivity contribution >= 4 is 50.8 Å². The number of hydrazone groups is 1. The van der Waals surface area contributed by atoms with Gasteiger partial charge in [-0.25, -0.2) is 5.43 Å². The molecule has 29 heavy (non-hydrogen) atoms. The molecule has 0 aliphatic rings. The number of hydrogen-bond donors (Lipinski definition) is 2. The number of aromatic nitrogens is 2. The molecule has 0 aliphatic heterocycles. The Kier molecular flexibility index (Phi) is 5.11. The Morgan fingerprint density at radius 3 is 2.62 bits per heavy atom. The number of hydrogen-bond acceptors (Lipinski definition) is 6. The first-order chi connectivity index (χ1) is 14.0. The highest BCUT2D eigenvalue weighted by Gasteiger charge is 2.20. The van der Waals surface area contributed by atoms with E-state index in [2.05, 4.69) is 15.6 Å². The summed E-state index contributed by atoms with van der Waals surface area (Å²) in [6, 6.07) is 15.9. The van der Waals surface area contributed by atoms with E-state index in [1.165, 1.54) is 17.6 Å². The lowest BCUT2D eigenvalue weighted by molar-refractivity contribution is 0.0950. The Morgan fingerprint density at radius 2 is 1.90 bits per heavy atom. The van der Waals surface area contributed by atoms with E-state index in [1.54, 1.807) is 29.6 Å². The lowest BCUT2D eigenvalue weighted by Crippen LogP contribution is -2.28. The van der Waals surface area contributed by atoms with Crippen molar-refractivity contribution in [2.75, 3.05) is 5.73 Å². The van der Waals surface area contributed by atoms with E-state index < -0.39 is 11.5 Å². The molecule has 2 heterocycles. The van der Waals surface area contributed by atoms with Gasteiger partial charge in [-0.1, -0.05) is 41.9 Å². The second-order valence-electron chi connectivity index (χ2n) is 6.04. The van der Waals surface area contributed by atoms with Crippen molar-refractivity contribution in [3.8, 4) is 5.69 Å². The van der Waals surface area contributed by atoms with Crippen LogP contribution in [-0.4, -0.2) is 21.9 Å². The molecule has 0 saturated carbocycles. The fraction of sp³-hybridized carbons (Fsp3) is 0. The zero-order chi connectivity index (χ0) is 20.4. The number of rotatable bonds is 4. The van der Waals surface area contributed by atoms with Crippen LogP contribution in [0.5, 0.6) is 0 Å². The van der Waals surface area contributed by atoms with Gasteiger partial charge in [0.2, 0.25) is 0 Å². The van der Waals surface area contributed by atoms with Crippen LogP contribution in [0.15, 0.2) is 69.9 Å². The van der Waals surface area contributed by atoms with Crippen molar-refractivity contribution in [2.24, 2.45) is 5.10 Å². The summed E-state index contributed by atoms with van der Waals surface area (Å²) in [5.41, 5.74) is 9.37. The van der Waals surface area contributed by atoms with E-state index in [0.29, 0.717) is 21.1 Å². The number of nitrogens with zero attached hydrogens (tertiary/aromatic N) is 3. The Hall–Kier alpha value is -3.49. The molecule has 0 bridgehead atoms. The van der Waals surface area contributed by atoms with Crippen LogP contribution in [0, 0.1) is 0 Å². The fourth-order valence-corrected chi connectivity index (χ4v) is 3.67. The number of nitrogens with two attached hydrogens (primary N) is 1. The van der Waals surface area contributed by atoms with Gasteiger partial charge in [-0.3, -0.25) is 9.59 Å². The summed E-state index contributed by atoms with van der Waals surface area (Å²) < 4.78 is 1.14. The molecule has 0 aliphatic carbocycles. The van der Waals surface area contributed by atoms with Crippen LogP contribution in [-0.2, 0) is 0 Å². The molecule has 7 nitrogen and oxygen atoms in total. The Balaban J connectivity index is 1.76. The van der Waals surface area contributed by atoms with Gasteiger partial charge in [0.25, 0.3) is 11.5 Å². The third-order valence-corrected chi connectivity index (χ3v) is 5.21. The molecule has 4 rings (SSSR count). The van der Waals surface area contributed by atoms with E-state index in [1.807, 2.05) is 30.3 Å². The van der Waals surface area contributed by atoms with Crippen molar-refractivity contribution in [1.29, 1.82) is 0 Å². The van der Waals surface area contributed by atoms with E-state index >= 15 is 0 Å². The Morgan fingerprint density at radius 1 is 1.17 bits per heavy atom. The first kappa shape index (κ1) is 18.9. The molecular weight excluding hydrogens is 410 g/mol. The smallest absolute Gasteiger partial charge is 0.292 e. The van der Waals surface area contributed by atoms with Crippen molar-refractivity contribution < 1.29 is 4.79 Å². The number of halogens is 1. The Bertz CT molecular complexity index is 1280. The largest absolute Gasteiger partial charge is 0.390 e. The molecule has 0 saturated heterocycles. The maximum absolute atomic E-state index is 12.9. The number of thiophene rings is 1. The number of nitrogens with one attached hydrogen (secondary N) is 1. The summed E-state index contributed by atoms with van der Waals surface area (Å²) in [5.74, 6) is -0.553. The zero-order valence-corrected chi connectivity index (χ0v) is 16.4. The minimum atomic E-state index is -0.553. The van der Waals surface area contributed by atoms with Gasteiger partial charge in [0.1, 0.15) is 0 Å². The van der Waals surface area contributed by atoms with E-state index in [-0.39, 0.29) is 11.1 Å². The van der Waals surface area contributed by atoms with Gasteiger partial charge in [-0.2, -0.15) is 14.9 Å². The molecule has 3 N–H and O–H groups in total. The van der Waals surface area contributed by atoms with E-state index in [9.17, 15) is 9.59 Å². The van der Waals surface area contributed by atoms with Gasteiger partial charge >= 0.3 is 0 Å². The van der Waals surface area contributed by atoms with Crippen LogP contribution in [0.3, 0.4) is 0 Å². The zero-order valence-electron chi connectivity index (χ0n) is 14.9.